The highest BCUT2D eigenvalue weighted by atomic mass is 79.9. The Morgan fingerprint density at radius 2 is 1.08 bits per heavy atom. The summed E-state index contributed by atoms with van der Waals surface area (Å²) in [7, 11) is 0. The lowest BCUT2D eigenvalue weighted by Crippen LogP contribution is -2.32. The van der Waals surface area contributed by atoms with Crippen LogP contribution in [0.1, 0.15) is 73.7 Å². The van der Waals surface area contributed by atoms with E-state index < -0.39 is 6.10 Å². The highest BCUT2D eigenvalue weighted by Crippen LogP contribution is 2.57. The van der Waals surface area contributed by atoms with E-state index in [1.54, 1.807) is 48.5 Å². The third-order valence-electron chi connectivity index (χ3n) is 12.8. The molecule has 0 bridgehead atoms. The summed E-state index contributed by atoms with van der Waals surface area (Å²) in [5, 5.41) is 20.1. The molecule has 0 amide bonds. The van der Waals surface area contributed by atoms with Crippen molar-refractivity contribution in [3.05, 3.63) is 176 Å². The molecule has 1 N–H and O–H groups in total. The summed E-state index contributed by atoms with van der Waals surface area (Å²) in [4.78, 5) is 11.4. The molecule has 4 aliphatic rings. The van der Waals surface area contributed by atoms with Gasteiger partial charge in [-0.15, -0.1) is 0 Å². The van der Waals surface area contributed by atoms with E-state index in [-0.39, 0.29) is 50.6 Å². The number of fused-ring (bicyclic) bond motifs is 4. The number of carbonyl (C=O) groups excluding carboxylic acids is 1. The normalized spacial score (nSPS) is 22.5. The van der Waals surface area contributed by atoms with Crippen LogP contribution in [0, 0.1) is 45.9 Å². The summed E-state index contributed by atoms with van der Waals surface area (Å²) >= 11 is 3.18. The van der Waals surface area contributed by atoms with E-state index in [2.05, 4.69) is 52.1 Å². The molecule has 0 saturated heterocycles. The van der Waals surface area contributed by atoms with Crippen molar-refractivity contribution in [1.82, 2.24) is 19.6 Å². The molecule has 5 atom stereocenters. The average Bonchev–Trinajstić information content (AvgIpc) is 4.00. The van der Waals surface area contributed by atoms with E-state index >= 15 is 0 Å². The maximum Gasteiger partial charge on any atom is 0.123 e. The third kappa shape index (κ3) is 8.19. The largest absolute Gasteiger partial charge is 0.388 e. The number of rotatable bonds is 5. The Morgan fingerprint density at radius 1 is 0.667 bits per heavy atom. The van der Waals surface area contributed by atoms with Gasteiger partial charge >= 0.3 is 0 Å². The van der Waals surface area contributed by atoms with Crippen LogP contribution < -0.4 is 0 Å². The molecule has 0 radical (unpaired) electrons. The van der Waals surface area contributed by atoms with Crippen LogP contribution in [0.2, 0.25) is 0 Å². The second-order valence-electron chi connectivity index (χ2n) is 16.3. The maximum atomic E-state index is 13.3. The van der Waals surface area contributed by atoms with E-state index in [4.69, 9.17) is 0 Å². The van der Waals surface area contributed by atoms with Crippen LogP contribution in [-0.4, -0.2) is 31.0 Å². The molecule has 0 spiro atoms. The monoisotopic (exact) mass is 882 g/mol. The standard InChI is InChI=1S/C24H22F2N2O.C18H17FN2O.C6H4BrF.FH/c1-24-13-16-14-27-28(20-9-7-19(26)8-10-20)22(16)12-17(24)4-11-21(24)23(29)15-2-5-18(25)6-3-15;1-18-9-12-10-20-21(16-6-4-15(19)5-7-16)17(12)8-13(18)2-3-14(18)11-22;7-5-1-3-6(8)4-2-5;/h2-3,5-10,12,14,21,23,29H,4,11,13H2,1H3;4-8,10-11,14H,2-3,9H2,1H3;1-4H;1H/t21-,23+,24+;14-,18+;;/m11../s1. The number of hydrogen-bond acceptors (Lipinski definition) is 4. The van der Waals surface area contributed by atoms with Crippen LogP contribution in [-0.2, 0) is 17.6 Å². The molecule has 60 heavy (non-hydrogen) atoms. The van der Waals surface area contributed by atoms with E-state index in [0.29, 0.717) is 0 Å². The minimum Gasteiger partial charge on any atom is -0.388 e. The number of benzene rings is 4. The lowest BCUT2D eigenvalue weighted by molar-refractivity contribution is -0.113. The minimum absolute atomic E-state index is 0. The molecule has 0 unspecified atom stereocenters. The topological polar surface area (TPSA) is 72.9 Å². The Morgan fingerprint density at radius 3 is 1.55 bits per heavy atom. The first kappa shape index (κ1) is 42.7. The molecule has 12 heteroatoms. The maximum absolute atomic E-state index is 13.3. The van der Waals surface area contributed by atoms with Crippen molar-refractivity contribution in [1.29, 1.82) is 0 Å². The highest BCUT2D eigenvalue weighted by Gasteiger charge is 2.49. The fraction of sp³-hybridized carbons (Fsp3) is 0.271. The Hall–Kier alpha value is -5.46. The first-order valence-electron chi connectivity index (χ1n) is 19.7. The van der Waals surface area contributed by atoms with E-state index in [1.807, 2.05) is 21.8 Å². The van der Waals surface area contributed by atoms with Gasteiger partial charge in [0.2, 0.25) is 0 Å². The summed E-state index contributed by atoms with van der Waals surface area (Å²) in [6.07, 6.45) is 13.9. The lowest BCUT2D eigenvalue weighted by atomic mass is 9.67. The van der Waals surface area contributed by atoms with Crippen molar-refractivity contribution in [2.24, 2.45) is 22.7 Å². The van der Waals surface area contributed by atoms with Crippen LogP contribution in [0.25, 0.3) is 23.5 Å². The van der Waals surface area contributed by atoms with Crippen LogP contribution >= 0.6 is 15.9 Å². The third-order valence-corrected chi connectivity index (χ3v) is 13.3. The predicted molar refractivity (Wildman–Crippen MR) is 226 cm³/mol. The zero-order valence-corrected chi connectivity index (χ0v) is 34.6. The van der Waals surface area contributed by atoms with Crippen LogP contribution in [0.3, 0.4) is 0 Å². The molecule has 310 valence electrons. The second-order valence-corrected chi connectivity index (χ2v) is 17.2. The van der Waals surface area contributed by atoms with Crippen molar-refractivity contribution < 1.29 is 32.2 Å². The van der Waals surface area contributed by atoms with Gasteiger partial charge in [0.1, 0.15) is 29.6 Å². The molecule has 6 nitrogen and oxygen atoms in total. The van der Waals surface area contributed by atoms with Crippen LogP contribution in [0.5, 0.6) is 0 Å². The van der Waals surface area contributed by atoms with Gasteiger partial charge in [-0.2, -0.15) is 10.2 Å². The first-order chi connectivity index (χ1) is 28.4. The molecular weight excluding hydrogens is 839 g/mol. The predicted octanol–water partition coefficient (Wildman–Crippen LogP) is 11.5. The lowest BCUT2D eigenvalue weighted by Gasteiger charge is -2.38. The average molecular weight is 884 g/mol. The van der Waals surface area contributed by atoms with Crippen LogP contribution in [0.4, 0.5) is 22.3 Å². The van der Waals surface area contributed by atoms with Gasteiger partial charge in [0.25, 0.3) is 0 Å². The van der Waals surface area contributed by atoms with Gasteiger partial charge in [-0.25, -0.2) is 26.9 Å². The zero-order valence-electron chi connectivity index (χ0n) is 33.0. The van der Waals surface area contributed by atoms with Crippen molar-refractivity contribution in [3.8, 4) is 11.4 Å². The van der Waals surface area contributed by atoms with Gasteiger partial charge in [0.05, 0.1) is 41.3 Å². The SMILES string of the molecule is C[C@]12Cc3cnn(-c4ccc(F)cc4)c3C=C1CC[C@@H]2C=O.C[C@]12Cc3cnn(-c4ccc(F)cc4)c3C=C1CC[C@@H]2[C@@H](O)c1ccc(F)cc1.F.Fc1ccc(Br)cc1. The Bertz CT molecular complexity index is 2510. The Labute approximate surface area is 353 Å². The summed E-state index contributed by atoms with van der Waals surface area (Å²) in [5.74, 6) is -0.861. The Kier molecular flexibility index (Phi) is 12.3. The van der Waals surface area contributed by atoms with Crippen molar-refractivity contribution in [2.75, 3.05) is 0 Å². The van der Waals surface area contributed by atoms with Crippen molar-refractivity contribution in [2.45, 2.75) is 58.5 Å². The van der Waals surface area contributed by atoms with Gasteiger partial charge in [-0.3, -0.25) is 4.70 Å². The quantitative estimate of drug-likeness (QED) is 0.138. The Balaban J connectivity index is 0.000000155. The fourth-order valence-corrected chi connectivity index (χ4v) is 9.64. The number of allylic oxidation sites excluding steroid dienone is 2. The molecule has 2 heterocycles. The number of aliphatic hydroxyl groups excluding tert-OH is 1. The fourth-order valence-electron chi connectivity index (χ4n) is 9.38. The van der Waals surface area contributed by atoms with Gasteiger partial charge in [0.15, 0.2) is 0 Å². The highest BCUT2D eigenvalue weighted by molar-refractivity contribution is 9.10. The number of aromatic nitrogens is 4. The molecule has 0 aliphatic heterocycles. The second kappa shape index (κ2) is 17.3. The molecule has 2 aromatic heterocycles. The molecule has 6 aromatic rings. The van der Waals surface area contributed by atoms with E-state index in [9.17, 15) is 27.5 Å². The van der Waals surface area contributed by atoms with E-state index in [1.165, 1.54) is 59.7 Å². The van der Waals surface area contributed by atoms with Gasteiger partial charge in [-0.1, -0.05) is 53.1 Å². The molecule has 10 rings (SSSR count). The smallest absolute Gasteiger partial charge is 0.123 e. The molecular formula is C48H44BrF5N4O2. The summed E-state index contributed by atoms with van der Waals surface area (Å²) < 4.78 is 56.3. The van der Waals surface area contributed by atoms with E-state index in [0.717, 1.165) is 88.7 Å². The molecule has 4 aromatic carbocycles. The minimum atomic E-state index is -0.639. The van der Waals surface area contributed by atoms with Crippen molar-refractivity contribution >= 4 is 34.4 Å². The molecule has 4 aliphatic carbocycles. The first-order valence-corrected chi connectivity index (χ1v) is 20.5. The number of aldehydes is 1. The zero-order chi connectivity index (χ0) is 41.5. The molecule has 2 fully saturated rings. The van der Waals surface area contributed by atoms with Crippen LogP contribution in [0.15, 0.2) is 125 Å². The number of nitrogens with zero attached hydrogens (tertiary/aromatic N) is 4. The summed E-state index contributed by atoms with van der Waals surface area (Å²) in [5.41, 5.74) is 9.22. The number of hydrogen-bond donors (Lipinski definition) is 1. The number of halogens is 6. The number of carbonyl (C=O) groups is 1. The number of aliphatic hydroxyl groups is 1. The van der Waals surface area contributed by atoms with Gasteiger partial charge in [-0.05, 0) is 164 Å². The van der Waals surface area contributed by atoms with Gasteiger partial charge < -0.3 is 9.90 Å². The molecule has 2 saturated carbocycles. The van der Waals surface area contributed by atoms with Crippen molar-refractivity contribution in [3.63, 3.8) is 0 Å². The van der Waals surface area contributed by atoms with Gasteiger partial charge in [0, 0.05) is 15.8 Å². The summed E-state index contributed by atoms with van der Waals surface area (Å²) in [6.45, 7) is 4.39. The summed E-state index contributed by atoms with van der Waals surface area (Å²) in [6, 6.07) is 25.0.